The van der Waals surface area contributed by atoms with Gasteiger partial charge in [-0.05, 0) is 42.1 Å². The van der Waals surface area contributed by atoms with Crippen molar-refractivity contribution in [2.24, 2.45) is 7.05 Å². The van der Waals surface area contributed by atoms with Crippen LogP contribution < -0.4 is 16.6 Å². The Labute approximate surface area is 155 Å². The van der Waals surface area contributed by atoms with E-state index in [9.17, 15) is 4.79 Å². The third-order valence-electron chi connectivity index (χ3n) is 4.44. The van der Waals surface area contributed by atoms with Gasteiger partial charge in [0.2, 0.25) is 0 Å². The van der Waals surface area contributed by atoms with Crippen molar-refractivity contribution in [2.45, 2.75) is 6.92 Å². The molecule has 27 heavy (non-hydrogen) atoms. The quantitative estimate of drug-likeness (QED) is 0.584. The zero-order chi connectivity index (χ0) is 19.0. The van der Waals surface area contributed by atoms with Gasteiger partial charge in [-0.2, -0.15) is 0 Å². The molecule has 4 rings (SSSR count). The molecule has 0 radical (unpaired) electrons. The molecular weight excluding hydrogens is 340 g/mol. The Kier molecular flexibility index (Phi) is 4.04. The van der Waals surface area contributed by atoms with Crippen LogP contribution in [0.15, 0.2) is 59.9 Å². The minimum atomic E-state index is -0.0939. The number of nitrogens with two attached hydrogens (primary N) is 1. The van der Waals surface area contributed by atoms with Crippen LogP contribution in [0, 0.1) is 6.92 Å². The third kappa shape index (κ3) is 3.22. The van der Waals surface area contributed by atoms with Gasteiger partial charge in [0.1, 0.15) is 11.6 Å². The summed E-state index contributed by atoms with van der Waals surface area (Å²) in [5, 5.41) is 4.83. The number of nitrogen functional groups attached to an aromatic ring is 1. The Bertz CT molecular complexity index is 1210. The van der Waals surface area contributed by atoms with Crippen molar-refractivity contribution in [1.29, 1.82) is 0 Å². The Morgan fingerprint density at radius 3 is 2.78 bits per heavy atom. The van der Waals surface area contributed by atoms with Crippen LogP contribution in [0.25, 0.3) is 22.0 Å². The Balaban J connectivity index is 1.77. The summed E-state index contributed by atoms with van der Waals surface area (Å²) in [7, 11) is 1.71. The van der Waals surface area contributed by atoms with E-state index in [1.807, 2.05) is 31.2 Å². The number of fused-ring (bicyclic) bond motifs is 1. The molecule has 0 saturated heterocycles. The minimum absolute atomic E-state index is 0.0939. The number of hydrogen-bond donors (Lipinski definition) is 2. The summed E-state index contributed by atoms with van der Waals surface area (Å²) in [6.45, 7) is 2.01. The van der Waals surface area contributed by atoms with E-state index in [0.717, 1.165) is 27.6 Å². The van der Waals surface area contributed by atoms with Crippen LogP contribution in [0.5, 0.6) is 0 Å². The smallest absolute Gasteiger partial charge is 0.252 e. The van der Waals surface area contributed by atoms with E-state index in [1.54, 1.807) is 31.8 Å². The fraction of sp³-hybridized carbons (Fsp3) is 0.100. The summed E-state index contributed by atoms with van der Waals surface area (Å²) < 4.78 is 1.51. The average molecular weight is 358 g/mol. The molecule has 4 aromatic heterocycles. The van der Waals surface area contributed by atoms with Gasteiger partial charge in [0, 0.05) is 54.5 Å². The molecule has 0 unspecified atom stereocenters. The normalized spacial score (nSPS) is 10.9. The number of rotatable bonds is 3. The van der Waals surface area contributed by atoms with Gasteiger partial charge in [0.05, 0.1) is 5.69 Å². The minimum Gasteiger partial charge on any atom is -0.383 e. The van der Waals surface area contributed by atoms with E-state index >= 15 is 0 Å². The summed E-state index contributed by atoms with van der Waals surface area (Å²) >= 11 is 0. The molecule has 0 aromatic carbocycles. The van der Waals surface area contributed by atoms with E-state index in [4.69, 9.17) is 5.73 Å². The summed E-state index contributed by atoms with van der Waals surface area (Å²) in [5.74, 6) is 1.04. The van der Waals surface area contributed by atoms with E-state index in [0.29, 0.717) is 17.3 Å². The lowest BCUT2D eigenvalue weighted by atomic mass is 10.1. The fourth-order valence-corrected chi connectivity index (χ4v) is 2.89. The first-order chi connectivity index (χ1) is 13.0. The molecule has 0 spiro atoms. The van der Waals surface area contributed by atoms with Crippen LogP contribution in [0.1, 0.15) is 5.56 Å². The Morgan fingerprint density at radius 1 is 1.15 bits per heavy atom. The topological polar surface area (TPSA) is 98.7 Å². The first-order valence-corrected chi connectivity index (χ1v) is 8.42. The maximum atomic E-state index is 11.8. The van der Waals surface area contributed by atoms with E-state index in [-0.39, 0.29) is 5.56 Å². The molecule has 7 nitrogen and oxygen atoms in total. The molecule has 0 aliphatic carbocycles. The monoisotopic (exact) mass is 358 g/mol. The fourth-order valence-electron chi connectivity index (χ4n) is 2.89. The van der Waals surface area contributed by atoms with Crippen molar-refractivity contribution >= 4 is 28.1 Å². The second-order valence-corrected chi connectivity index (χ2v) is 6.36. The van der Waals surface area contributed by atoms with Crippen LogP contribution in [-0.4, -0.2) is 19.5 Å². The van der Waals surface area contributed by atoms with Gasteiger partial charge in [-0.25, -0.2) is 9.97 Å². The van der Waals surface area contributed by atoms with Gasteiger partial charge >= 0.3 is 0 Å². The SMILES string of the molecule is Cc1ccncc1-c1cc2cc(Nc3ccn(C)c(=O)c3)ncc2c(N)n1. The highest BCUT2D eigenvalue weighted by Crippen LogP contribution is 2.29. The van der Waals surface area contributed by atoms with Crippen molar-refractivity contribution < 1.29 is 0 Å². The highest BCUT2D eigenvalue weighted by Gasteiger charge is 2.09. The van der Waals surface area contributed by atoms with Gasteiger partial charge in [-0.15, -0.1) is 0 Å². The van der Waals surface area contributed by atoms with Gasteiger partial charge < -0.3 is 15.6 Å². The van der Waals surface area contributed by atoms with E-state index < -0.39 is 0 Å². The van der Waals surface area contributed by atoms with Crippen molar-refractivity contribution in [3.8, 4) is 11.3 Å². The number of aromatic nitrogens is 4. The molecular formula is C20H18N6O. The number of aryl methyl sites for hydroxylation is 2. The predicted octanol–water partition coefficient (Wildman–Crippen LogP) is 3.02. The summed E-state index contributed by atoms with van der Waals surface area (Å²) in [5.41, 5.74) is 9.50. The van der Waals surface area contributed by atoms with Crippen molar-refractivity contribution in [3.05, 3.63) is 71.0 Å². The lowest BCUT2D eigenvalue weighted by Crippen LogP contribution is -2.14. The molecule has 4 heterocycles. The lowest BCUT2D eigenvalue weighted by Gasteiger charge is -2.10. The zero-order valence-corrected chi connectivity index (χ0v) is 15.0. The van der Waals surface area contributed by atoms with Crippen LogP contribution in [0.2, 0.25) is 0 Å². The zero-order valence-electron chi connectivity index (χ0n) is 15.0. The van der Waals surface area contributed by atoms with Crippen molar-refractivity contribution in [3.63, 3.8) is 0 Å². The summed E-state index contributed by atoms with van der Waals surface area (Å²) in [6.07, 6.45) is 6.92. The number of nitrogens with zero attached hydrogens (tertiary/aromatic N) is 4. The Hall–Kier alpha value is -3.74. The van der Waals surface area contributed by atoms with Crippen molar-refractivity contribution in [1.82, 2.24) is 19.5 Å². The molecule has 0 bridgehead atoms. The highest BCUT2D eigenvalue weighted by atomic mass is 16.1. The Morgan fingerprint density at radius 2 is 2.00 bits per heavy atom. The molecule has 134 valence electrons. The van der Waals surface area contributed by atoms with Crippen LogP contribution in [0.3, 0.4) is 0 Å². The predicted molar refractivity (Wildman–Crippen MR) is 107 cm³/mol. The van der Waals surface area contributed by atoms with Crippen LogP contribution >= 0.6 is 0 Å². The molecule has 0 atom stereocenters. The third-order valence-corrected chi connectivity index (χ3v) is 4.44. The second-order valence-electron chi connectivity index (χ2n) is 6.36. The lowest BCUT2D eigenvalue weighted by molar-refractivity contribution is 0.861. The standard InChI is InChI=1S/C20H18N6O/c1-12-3-5-22-10-15(12)17-7-13-8-18(23-11-16(13)20(21)25-17)24-14-4-6-26(2)19(27)9-14/h3-11H,1-2H3,(H2,21,25)(H,23,24). The van der Waals surface area contributed by atoms with Gasteiger partial charge in [0.15, 0.2) is 0 Å². The number of pyridine rings is 4. The number of hydrogen-bond acceptors (Lipinski definition) is 6. The van der Waals surface area contributed by atoms with Gasteiger partial charge in [-0.1, -0.05) is 0 Å². The van der Waals surface area contributed by atoms with E-state index in [1.165, 1.54) is 10.6 Å². The summed E-state index contributed by atoms with van der Waals surface area (Å²) in [6, 6.07) is 9.13. The average Bonchev–Trinajstić information content (AvgIpc) is 2.65. The summed E-state index contributed by atoms with van der Waals surface area (Å²) in [4.78, 5) is 24.9. The number of anilines is 3. The van der Waals surface area contributed by atoms with Crippen molar-refractivity contribution in [2.75, 3.05) is 11.1 Å². The van der Waals surface area contributed by atoms with E-state index in [2.05, 4.69) is 20.3 Å². The molecule has 0 saturated carbocycles. The molecule has 3 N–H and O–H groups in total. The molecule has 7 heteroatoms. The molecule has 0 amide bonds. The van der Waals surface area contributed by atoms with Gasteiger partial charge in [-0.3, -0.25) is 9.78 Å². The van der Waals surface area contributed by atoms with Crippen LogP contribution in [0.4, 0.5) is 17.3 Å². The molecule has 0 fully saturated rings. The van der Waals surface area contributed by atoms with Crippen LogP contribution in [-0.2, 0) is 7.05 Å². The first-order valence-electron chi connectivity index (χ1n) is 8.42. The number of nitrogens with one attached hydrogen (secondary N) is 1. The molecule has 0 aliphatic heterocycles. The maximum Gasteiger partial charge on any atom is 0.252 e. The first kappa shape index (κ1) is 16.7. The molecule has 0 aliphatic rings. The molecule has 4 aromatic rings. The maximum absolute atomic E-state index is 11.8. The van der Waals surface area contributed by atoms with Gasteiger partial charge in [0.25, 0.3) is 5.56 Å². The highest BCUT2D eigenvalue weighted by molar-refractivity contribution is 5.94. The largest absolute Gasteiger partial charge is 0.383 e. The second kappa shape index (κ2) is 6.53.